The van der Waals surface area contributed by atoms with Gasteiger partial charge in [0, 0.05) is 16.5 Å². The number of hydrogen-bond acceptors (Lipinski definition) is 3. The first-order valence-corrected chi connectivity index (χ1v) is 7.73. The molecule has 0 fully saturated rings. The van der Waals surface area contributed by atoms with Gasteiger partial charge in [-0.1, -0.05) is 23.7 Å². The van der Waals surface area contributed by atoms with Crippen LogP contribution in [-0.2, 0) is 0 Å². The Morgan fingerprint density at radius 3 is 2.55 bits per heavy atom. The monoisotopic (exact) mass is 312 g/mol. The van der Waals surface area contributed by atoms with Crippen molar-refractivity contribution in [1.82, 2.24) is 10.3 Å². The Morgan fingerprint density at radius 1 is 1.30 bits per heavy atom. The molecule has 0 aliphatic carbocycles. The van der Waals surface area contributed by atoms with Gasteiger partial charge in [0.2, 0.25) is 0 Å². The van der Waals surface area contributed by atoms with Crippen molar-refractivity contribution in [3.8, 4) is 0 Å². The molecule has 0 aliphatic rings. The van der Waals surface area contributed by atoms with Gasteiger partial charge in [-0.2, -0.15) is 0 Å². The average Bonchev–Trinajstić information content (AvgIpc) is 2.70. The standard InChI is InChI=1S/C15H18ClFN2S/c1-8(2)18-14(15-19-9(3)10(4)20-15)11-6-5-7-12(16)13(11)17/h5-8,14,18H,1-4H3. The van der Waals surface area contributed by atoms with Crippen LogP contribution in [0, 0.1) is 19.7 Å². The first-order chi connectivity index (χ1) is 9.40. The lowest BCUT2D eigenvalue weighted by molar-refractivity contribution is 0.501. The molecule has 108 valence electrons. The molecule has 2 rings (SSSR count). The average molecular weight is 313 g/mol. The first-order valence-electron chi connectivity index (χ1n) is 6.54. The molecule has 2 aromatic rings. The molecule has 1 heterocycles. The zero-order valence-electron chi connectivity index (χ0n) is 12.0. The third kappa shape index (κ3) is 3.19. The highest BCUT2D eigenvalue weighted by Gasteiger charge is 2.23. The van der Waals surface area contributed by atoms with E-state index in [-0.39, 0.29) is 22.9 Å². The van der Waals surface area contributed by atoms with Gasteiger partial charge in [0.1, 0.15) is 10.8 Å². The Bertz CT molecular complexity index is 590. The normalized spacial score (nSPS) is 12.9. The van der Waals surface area contributed by atoms with Gasteiger partial charge in [-0.25, -0.2) is 9.37 Å². The highest BCUT2D eigenvalue weighted by molar-refractivity contribution is 7.11. The summed E-state index contributed by atoms with van der Waals surface area (Å²) in [5.41, 5.74) is 1.53. The van der Waals surface area contributed by atoms with Crippen LogP contribution in [0.5, 0.6) is 0 Å². The van der Waals surface area contributed by atoms with Gasteiger partial charge in [0.05, 0.1) is 16.8 Å². The van der Waals surface area contributed by atoms with E-state index in [0.29, 0.717) is 5.56 Å². The molecule has 0 bridgehead atoms. The molecule has 1 unspecified atom stereocenters. The maximum absolute atomic E-state index is 14.3. The lowest BCUT2D eigenvalue weighted by Crippen LogP contribution is -2.29. The SMILES string of the molecule is Cc1nc(C(NC(C)C)c2cccc(Cl)c2F)sc1C. The van der Waals surface area contributed by atoms with E-state index in [1.54, 1.807) is 29.5 Å². The van der Waals surface area contributed by atoms with Gasteiger partial charge in [-0.3, -0.25) is 0 Å². The summed E-state index contributed by atoms with van der Waals surface area (Å²) in [6.07, 6.45) is 0. The molecule has 0 aliphatic heterocycles. The minimum atomic E-state index is -0.377. The van der Waals surface area contributed by atoms with Crippen molar-refractivity contribution < 1.29 is 4.39 Å². The lowest BCUT2D eigenvalue weighted by Gasteiger charge is -2.20. The molecule has 20 heavy (non-hydrogen) atoms. The van der Waals surface area contributed by atoms with E-state index >= 15 is 0 Å². The first kappa shape index (κ1) is 15.4. The second-order valence-electron chi connectivity index (χ2n) is 5.09. The summed E-state index contributed by atoms with van der Waals surface area (Å²) in [7, 11) is 0. The van der Waals surface area contributed by atoms with E-state index < -0.39 is 0 Å². The van der Waals surface area contributed by atoms with Crippen molar-refractivity contribution in [2.45, 2.75) is 39.8 Å². The molecule has 0 amide bonds. The number of nitrogens with zero attached hydrogens (tertiary/aromatic N) is 1. The second kappa shape index (κ2) is 6.20. The Morgan fingerprint density at radius 2 is 2.00 bits per heavy atom. The van der Waals surface area contributed by atoms with E-state index in [1.165, 1.54) is 0 Å². The van der Waals surface area contributed by atoms with E-state index in [2.05, 4.69) is 10.3 Å². The van der Waals surface area contributed by atoms with Crippen molar-refractivity contribution in [1.29, 1.82) is 0 Å². The van der Waals surface area contributed by atoms with Crippen LogP contribution in [0.4, 0.5) is 4.39 Å². The van der Waals surface area contributed by atoms with Crippen molar-refractivity contribution in [2.24, 2.45) is 0 Å². The number of halogens is 2. The Kier molecular flexibility index (Phi) is 4.78. The van der Waals surface area contributed by atoms with Crippen molar-refractivity contribution in [2.75, 3.05) is 0 Å². The predicted molar refractivity (Wildman–Crippen MR) is 83.1 cm³/mol. The number of aromatic nitrogens is 1. The minimum absolute atomic E-state index is 0.142. The van der Waals surface area contributed by atoms with Crippen LogP contribution in [0.3, 0.4) is 0 Å². The highest BCUT2D eigenvalue weighted by Crippen LogP contribution is 2.31. The number of aryl methyl sites for hydroxylation is 2. The summed E-state index contributed by atoms with van der Waals surface area (Å²) < 4.78 is 14.3. The summed E-state index contributed by atoms with van der Waals surface area (Å²) >= 11 is 7.49. The number of nitrogens with one attached hydrogen (secondary N) is 1. The fraction of sp³-hybridized carbons (Fsp3) is 0.400. The summed E-state index contributed by atoms with van der Waals surface area (Å²) in [4.78, 5) is 5.71. The number of rotatable bonds is 4. The summed E-state index contributed by atoms with van der Waals surface area (Å²) in [6, 6.07) is 5.02. The number of thiazole rings is 1. The van der Waals surface area contributed by atoms with E-state index in [1.807, 2.05) is 27.7 Å². The Hall–Kier alpha value is -0.970. The van der Waals surface area contributed by atoms with Gasteiger partial charge in [0.15, 0.2) is 0 Å². The molecule has 0 radical (unpaired) electrons. The second-order valence-corrected chi connectivity index (χ2v) is 6.73. The maximum Gasteiger partial charge on any atom is 0.146 e. The predicted octanol–water partition coefficient (Wildman–Crippen LogP) is 4.64. The molecule has 5 heteroatoms. The van der Waals surface area contributed by atoms with E-state index in [4.69, 9.17) is 11.6 Å². The molecule has 1 atom stereocenters. The summed E-state index contributed by atoms with van der Waals surface area (Å²) in [5, 5.41) is 4.38. The van der Waals surface area contributed by atoms with Crippen LogP contribution >= 0.6 is 22.9 Å². The summed E-state index contributed by atoms with van der Waals surface area (Å²) in [6.45, 7) is 8.05. The third-order valence-corrected chi connectivity index (χ3v) is 4.51. The van der Waals surface area contributed by atoms with Crippen molar-refractivity contribution in [3.63, 3.8) is 0 Å². The molecule has 0 saturated heterocycles. The number of hydrogen-bond donors (Lipinski definition) is 1. The highest BCUT2D eigenvalue weighted by atomic mass is 35.5. The Balaban J connectivity index is 2.49. The van der Waals surface area contributed by atoms with Crippen LogP contribution in [0.2, 0.25) is 5.02 Å². The zero-order valence-corrected chi connectivity index (χ0v) is 13.6. The zero-order chi connectivity index (χ0) is 14.9. The molecule has 0 saturated carbocycles. The molecule has 1 aromatic carbocycles. The topological polar surface area (TPSA) is 24.9 Å². The molecule has 1 N–H and O–H groups in total. The van der Waals surface area contributed by atoms with Crippen LogP contribution in [0.15, 0.2) is 18.2 Å². The van der Waals surface area contributed by atoms with Crippen molar-refractivity contribution >= 4 is 22.9 Å². The molecule has 0 spiro atoms. The smallest absolute Gasteiger partial charge is 0.146 e. The van der Waals surface area contributed by atoms with E-state index in [0.717, 1.165) is 15.6 Å². The quantitative estimate of drug-likeness (QED) is 0.889. The van der Waals surface area contributed by atoms with Gasteiger partial charge in [-0.05, 0) is 33.8 Å². The van der Waals surface area contributed by atoms with Gasteiger partial charge in [0.25, 0.3) is 0 Å². The molecule has 1 aromatic heterocycles. The van der Waals surface area contributed by atoms with Gasteiger partial charge >= 0.3 is 0 Å². The van der Waals surface area contributed by atoms with Crippen LogP contribution in [-0.4, -0.2) is 11.0 Å². The number of benzene rings is 1. The third-order valence-electron chi connectivity index (χ3n) is 3.08. The lowest BCUT2D eigenvalue weighted by atomic mass is 10.1. The molecular formula is C15H18ClFN2S. The minimum Gasteiger partial charge on any atom is -0.302 e. The summed E-state index contributed by atoms with van der Waals surface area (Å²) in [5.74, 6) is -0.377. The molecular weight excluding hydrogens is 295 g/mol. The van der Waals surface area contributed by atoms with Crippen molar-refractivity contribution in [3.05, 3.63) is 50.2 Å². The Labute approximate surface area is 128 Å². The fourth-order valence-corrected chi connectivity index (χ4v) is 3.18. The maximum atomic E-state index is 14.3. The fourth-order valence-electron chi connectivity index (χ4n) is 1.99. The van der Waals surface area contributed by atoms with Gasteiger partial charge in [-0.15, -0.1) is 11.3 Å². The van der Waals surface area contributed by atoms with Crippen LogP contribution < -0.4 is 5.32 Å². The largest absolute Gasteiger partial charge is 0.302 e. The van der Waals surface area contributed by atoms with Crippen LogP contribution in [0.1, 0.15) is 41.0 Å². The molecule has 2 nitrogen and oxygen atoms in total. The van der Waals surface area contributed by atoms with E-state index in [9.17, 15) is 4.39 Å². The van der Waals surface area contributed by atoms with Crippen LogP contribution in [0.25, 0.3) is 0 Å². The van der Waals surface area contributed by atoms with Gasteiger partial charge < -0.3 is 5.32 Å².